The van der Waals surface area contributed by atoms with E-state index in [1.54, 1.807) is 0 Å². The molecule has 1 heterocycles. The second kappa shape index (κ2) is 8.09. The first kappa shape index (κ1) is 24.1. The molecule has 0 spiro atoms. The first-order valence-electron chi connectivity index (χ1n) is 13.5. The zero-order chi connectivity index (χ0) is 25.5. The van der Waals surface area contributed by atoms with Crippen molar-refractivity contribution in [1.82, 2.24) is 4.90 Å². The normalized spacial score (nSPS) is 38.1. The number of hydrogen-bond donors (Lipinski definition) is 1. The Labute approximate surface area is 210 Å². The summed E-state index contributed by atoms with van der Waals surface area (Å²) in [6.45, 7) is 4.73. The van der Waals surface area contributed by atoms with Gasteiger partial charge in [-0.25, -0.2) is 0 Å². The molecule has 0 bridgehead atoms. The number of halogens is 3. The van der Waals surface area contributed by atoms with Gasteiger partial charge in [-0.05, 0) is 98.8 Å². The fourth-order valence-electron chi connectivity index (χ4n) is 8.38. The van der Waals surface area contributed by atoms with Crippen molar-refractivity contribution in [1.29, 1.82) is 0 Å². The van der Waals surface area contributed by atoms with Crippen molar-refractivity contribution in [3.63, 3.8) is 0 Å². The third-order valence-electron chi connectivity index (χ3n) is 10.3. The quantitative estimate of drug-likeness (QED) is 0.465. The van der Waals surface area contributed by atoms with Gasteiger partial charge in [-0.15, -0.1) is 0 Å². The Bertz CT molecular complexity index is 1110. The molecule has 1 aliphatic heterocycles. The number of nitrogens with one attached hydrogen (secondary N) is 1. The summed E-state index contributed by atoms with van der Waals surface area (Å²) in [6, 6.07) is 4.62. The number of nitrogens with zero attached hydrogens (tertiary/aromatic N) is 1. The number of carbonyl (C=O) groups excluding carboxylic acids is 2. The Kier molecular flexibility index (Phi) is 5.41. The van der Waals surface area contributed by atoms with Crippen LogP contribution in [0.4, 0.5) is 18.9 Å². The molecular formula is C29H35F3N2O2. The van der Waals surface area contributed by atoms with Gasteiger partial charge in [0.05, 0.1) is 5.56 Å². The molecule has 4 aliphatic carbocycles. The number of carbonyl (C=O) groups is 2. The molecule has 1 aromatic rings. The molecule has 0 aromatic heterocycles. The molecule has 4 fully saturated rings. The summed E-state index contributed by atoms with van der Waals surface area (Å²) >= 11 is 0. The highest BCUT2D eigenvalue weighted by atomic mass is 19.4. The highest BCUT2D eigenvalue weighted by molar-refractivity contribution is 6.07. The predicted octanol–water partition coefficient (Wildman–Crippen LogP) is 6.78. The molecule has 194 valence electrons. The van der Waals surface area contributed by atoms with Gasteiger partial charge >= 0.3 is 6.18 Å². The van der Waals surface area contributed by atoms with Crippen LogP contribution in [0.2, 0.25) is 0 Å². The predicted molar refractivity (Wildman–Crippen MR) is 131 cm³/mol. The second-order valence-electron chi connectivity index (χ2n) is 12.5. The minimum Gasteiger partial charge on any atom is -0.325 e. The number of rotatable bonds is 3. The number of hydrogen-bond acceptors (Lipinski definition) is 2. The maximum absolute atomic E-state index is 13.7. The molecule has 6 rings (SSSR count). The van der Waals surface area contributed by atoms with Gasteiger partial charge in [-0.2, -0.15) is 13.2 Å². The van der Waals surface area contributed by atoms with Crippen LogP contribution in [0.25, 0.3) is 0 Å². The summed E-state index contributed by atoms with van der Waals surface area (Å²) in [5.74, 6) is 0.361. The average Bonchev–Trinajstić information content (AvgIpc) is 3.57. The minimum absolute atomic E-state index is 0.148. The van der Waals surface area contributed by atoms with E-state index in [9.17, 15) is 22.8 Å². The fraction of sp³-hybridized carbons (Fsp3) is 0.655. The van der Waals surface area contributed by atoms with E-state index < -0.39 is 23.6 Å². The van der Waals surface area contributed by atoms with E-state index in [-0.39, 0.29) is 23.1 Å². The Morgan fingerprint density at radius 1 is 1.03 bits per heavy atom. The van der Waals surface area contributed by atoms with E-state index in [2.05, 4.69) is 25.2 Å². The van der Waals surface area contributed by atoms with Gasteiger partial charge in [0.2, 0.25) is 11.8 Å². The van der Waals surface area contributed by atoms with Crippen LogP contribution in [0, 0.1) is 34.5 Å². The summed E-state index contributed by atoms with van der Waals surface area (Å²) in [4.78, 5) is 29.1. The SMILES string of the molecule is C[C@@]12CCC[C@H]1[C@@H]1CC=C3N(C4CC4)C(=O)C(C(=O)Nc4ccc(C(F)(F)F)cc4)C[C@]3(C)[C@@H]1CC2. The number of anilines is 1. The summed E-state index contributed by atoms with van der Waals surface area (Å²) in [7, 11) is 0. The largest absolute Gasteiger partial charge is 0.416 e. The monoisotopic (exact) mass is 500 g/mol. The van der Waals surface area contributed by atoms with E-state index in [0.29, 0.717) is 29.6 Å². The van der Waals surface area contributed by atoms with Crippen LogP contribution in [0.1, 0.15) is 77.2 Å². The van der Waals surface area contributed by atoms with Crippen LogP contribution in [-0.2, 0) is 15.8 Å². The standard InChI is InChI=1S/C29H35F3N2O2/c1-27-14-3-4-22(27)20-11-12-24-28(2,23(20)13-15-27)16-21(26(36)34(24)19-9-10-19)25(35)33-18-7-5-17(6-8-18)29(30,31)32/h5-8,12,19-23H,3-4,9-11,13-16H2,1-2H3,(H,33,35)/t20-,21?,22-,23+,27-,28+/m0/s1. The molecule has 2 amide bonds. The van der Waals surface area contributed by atoms with E-state index in [1.165, 1.54) is 37.8 Å². The minimum atomic E-state index is -4.43. The Morgan fingerprint density at radius 3 is 2.42 bits per heavy atom. The lowest BCUT2D eigenvalue weighted by atomic mass is 9.49. The summed E-state index contributed by atoms with van der Waals surface area (Å²) in [6.07, 6.45) is 7.52. The maximum Gasteiger partial charge on any atom is 0.416 e. The van der Waals surface area contributed by atoms with Crippen LogP contribution < -0.4 is 5.32 Å². The van der Waals surface area contributed by atoms with Crippen LogP contribution >= 0.6 is 0 Å². The average molecular weight is 501 g/mol. The molecule has 5 aliphatic rings. The van der Waals surface area contributed by atoms with Gasteiger partial charge in [0.25, 0.3) is 0 Å². The summed E-state index contributed by atoms with van der Waals surface area (Å²) in [5.41, 5.74) is 0.831. The van der Waals surface area contributed by atoms with Crippen molar-refractivity contribution in [2.45, 2.75) is 83.9 Å². The summed E-state index contributed by atoms with van der Waals surface area (Å²) < 4.78 is 38.8. The van der Waals surface area contributed by atoms with Crippen molar-refractivity contribution in [3.8, 4) is 0 Å². The van der Waals surface area contributed by atoms with Gasteiger partial charge in [0.1, 0.15) is 5.92 Å². The number of alkyl halides is 3. The number of piperidine rings is 1. The Morgan fingerprint density at radius 2 is 1.75 bits per heavy atom. The highest BCUT2D eigenvalue weighted by Crippen LogP contribution is 2.65. The van der Waals surface area contributed by atoms with Gasteiger partial charge in [-0.3, -0.25) is 9.59 Å². The lowest BCUT2D eigenvalue weighted by Gasteiger charge is -2.59. The van der Waals surface area contributed by atoms with Crippen LogP contribution in [0.3, 0.4) is 0 Å². The van der Waals surface area contributed by atoms with Gasteiger partial charge in [0, 0.05) is 22.8 Å². The smallest absolute Gasteiger partial charge is 0.325 e. The van der Waals surface area contributed by atoms with Gasteiger partial charge in [-0.1, -0.05) is 26.3 Å². The summed E-state index contributed by atoms with van der Waals surface area (Å²) in [5, 5.41) is 2.76. The molecule has 1 N–H and O–H groups in total. The molecule has 6 atom stereocenters. The van der Waals surface area contributed by atoms with E-state index >= 15 is 0 Å². The molecular weight excluding hydrogens is 465 g/mol. The zero-order valence-corrected chi connectivity index (χ0v) is 21.0. The first-order valence-corrected chi connectivity index (χ1v) is 13.5. The van der Waals surface area contributed by atoms with Crippen molar-refractivity contribution >= 4 is 17.5 Å². The fourth-order valence-corrected chi connectivity index (χ4v) is 8.38. The molecule has 4 nitrogen and oxygen atoms in total. The number of likely N-dealkylation sites (tertiary alicyclic amines) is 1. The van der Waals surface area contributed by atoms with E-state index in [1.807, 2.05) is 4.90 Å². The number of allylic oxidation sites excluding steroid dienone is 2. The van der Waals surface area contributed by atoms with Gasteiger partial charge in [0.15, 0.2) is 0 Å². The van der Waals surface area contributed by atoms with Crippen molar-refractivity contribution < 1.29 is 22.8 Å². The van der Waals surface area contributed by atoms with E-state index in [0.717, 1.165) is 43.5 Å². The highest BCUT2D eigenvalue weighted by Gasteiger charge is 2.60. The Balaban J connectivity index is 1.29. The molecule has 0 radical (unpaired) electrons. The lowest BCUT2D eigenvalue weighted by Crippen LogP contribution is -2.58. The lowest BCUT2D eigenvalue weighted by molar-refractivity contribution is -0.149. The van der Waals surface area contributed by atoms with Crippen LogP contribution in [0.15, 0.2) is 36.0 Å². The number of fused-ring (bicyclic) bond motifs is 5. The Hall–Kier alpha value is -2.31. The number of benzene rings is 1. The topological polar surface area (TPSA) is 49.4 Å². The zero-order valence-electron chi connectivity index (χ0n) is 21.0. The third kappa shape index (κ3) is 3.71. The number of amides is 2. The van der Waals surface area contributed by atoms with Crippen LogP contribution in [0.5, 0.6) is 0 Å². The molecule has 1 saturated heterocycles. The maximum atomic E-state index is 13.7. The van der Waals surface area contributed by atoms with E-state index in [4.69, 9.17) is 0 Å². The molecule has 1 aromatic carbocycles. The second-order valence-corrected chi connectivity index (χ2v) is 12.5. The molecule has 1 unspecified atom stereocenters. The van der Waals surface area contributed by atoms with Crippen LogP contribution in [-0.4, -0.2) is 22.8 Å². The van der Waals surface area contributed by atoms with Crippen molar-refractivity contribution in [2.24, 2.45) is 34.5 Å². The van der Waals surface area contributed by atoms with Crippen molar-refractivity contribution in [3.05, 3.63) is 41.6 Å². The van der Waals surface area contributed by atoms with Crippen molar-refractivity contribution in [2.75, 3.05) is 5.32 Å². The van der Waals surface area contributed by atoms with Gasteiger partial charge < -0.3 is 10.2 Å². The molecule has 7 heteroatoms. The third-order valence-corrected chi connectivity index (χ3v) is 10.3. The molecule has 3 saturated carbocycles. The molecule has 36 heavy (non-hydrogen) atoms. The first-order chi connectivity index (χ1) is 17.0.